The zero-order valence-electron chi connectivity index (χ0n) is 13.0. The Morgan fingerprint density at radius 2 is 1.75 bits per heavy atom. The minimum Gasteiger partial charge on any atom is -0.481 e. The van der Waals surface area contributed by atoms with Crippen LogP contribution in [0.4, 0.5) is 4.79 Å². The molecule has 5 nitrogen and oxygen atoms in total. The molecule has 1 unspecified atom stereocenters. The van der Waals surface area contributed by atoms with E-state index in [0.29, 0.717) is 12.6 Å². The van der Waals surface area contributed by atoms with E-state index in [-0.39, 0.29) is 18.5 Å². The highest BCUT2D eigenvalue weighted by atomic mass is 16.4. The van der Waals surface area contributed by atoms with Crippen LogP contribution in [-0.4, -0.2) is 52.6 Å². The van der Waals surface area contributed by atoms with Gasteiger partial charge in [-0.1, -0.05) is 25.7 Å². The maximum absolute atomic E-state index is 12.6. The SMILES string of the molecule is CCN(C(=O)N(C)C1CCCCCC1)C(C)CC(=O)O. The summed E-state index contributed by atoms with van der Waals surface area (Å²) in [4.78, 5) is 26.9. The summed E-state index contributed by atoms with van der Waals surface area (Å²) < 4.78 is 0. The summed E-state index contributed by atoms with van der Waals surface area (Å²) in [6, 6.07) is 0.00227. The highest BCUT2D eigenvalue weighted by Gasteiger charge is 2.27. The van der Waals surface area contributed by atoms with Crippen LogP contribution >= 0.6 is 0 Å². The number of urea groups is 1. The number of rotatable bonds is 5. The molecule has 0 heterocycles. The third kappa shape index (κ3) is 4.69. The molecule has 5 heteroatoms. The van der Waals surface area contributed by atoms with E-state index < -0.39 is 5.97 Å². The minimum absolute atomic E-state index is 0.00190. The maximum Gasteiger partial charge on any atom is 0.320 e. The Kier molecular flexibility index (Phi) is 6.82. The van der Waals surface area contributed by atoms with Gasteiger partial charge in [-0.3, -0.25) is 4.79 Å². The molecule has 0 radical (unpaired) electrons. The number of carbonyl (C=O) groups is 2. The van der Waals surface area contributed by atoms with Gasteiger partial charge in [0.25, 0.3) is 0 Å². The summed E-state index contributed by atoms with van der Waals surface area (Å²) in [5.41, 5.74) is 0. The number of nitrogens with zero attached hydrogens (tertiary/aromatic N) is 2. The lowest BCUT2D eigenvalue weighted by molar-refractivity contribution is -0.138. The number of aliphatic carboxylic acids is 1. The molecule has 1 rings (SSSR count). The quantitative estimate of drug-likeness (QED) is 0.790. The van der Waals surface area contributed by atoms with Gasteiger partial charge in [0.1, 0.15) is 0 Å². The van der Waals surface area contributed by atoms with E-state index >= 15 is 0 Å². The molecular formula is C15H28N2O3. The molecule has 0 aromatic rings. The van der Waals surface area contributed by atoms with E-state index in [9.17, 15) is 9.59 Å². The lowest BCUT2D eigenvalue weighted by Gasteiger charge is -2.35. The third-order valence-electron chi connectivity index (χ3n) is 4.26. The first kappa shape index (κ1) is 16.8. The molecule has 0 bridgehead atoms. The van der Waals surface area contributed by atoms with E-state index in [4.69, 9.17) is 5.11 Å². The van der Waals surface area contributed by atoms with E-state index in [1.165, 1.54) is 25.7 Å². The fraction of sp³-hybridized carbons (Fsp3) is 0.867. The van der Waals surface area contributed by atoms with Crippen LogP contribution in [0.5, 0.6) is 0 Å². The number of hydrogen-bond acceptors (Lipinski definition) is 2. The molecule has 0 aromatic carbocycles. The minimum atomic E-state index is -0.860. The number of carboxylic acids is 1. The molecule has 0 spiro atoms. The first-order valence-electron chi connectivity index (χ1n) is 7.72. The van der Waals surface area contributed by atoms with Crippen LogP contribution in [0.3, 0.4) is 0 Å². The van der Waals surface area contributed by atoms with Gasteiger partial charge in [-0.05, 0) is 26.7 Å². The second-order valence-corrected chi connectivity index (χ2v) is 5.77. The van der Waals surface area contributed by atoms with E-state index in [1.807, 2.05) is 18.9 Å². The fourth-order valence-corrected chi connectivity index (χ4v) is 3.00. The summed E-state index contributed by atoms with van der Waals surface area (Å²) >= 11 is 0. The number of carboxylic acid groups (broad SMARTS) is 1. The molecule has 1 N–H and O–H groups in total. The van der Waals surface area contributed by atoms with E-state index in [0.717, 1.165) is 12.8 Å². The van der Waals surface area contributed by atoms with Crippen molar-refractivity contribution in [2.24, 2.45) is 0 Å². The van der Waals surface area contributed by atoms with Crippen LogP contribution in [0.1, 0.15) is 58.8 Å². The monoisotopic (exact) mass is 284 g/mol. The Hall–Kier alpha value is -1.26. The maximum atomic E-state index is 12.6. The van der Waals surface area contributed by atoms with Gasteiger partial charge < -0.3 is 14.9 Å². The molecule has 0 aliphatic heterocycles. The van der Waals surface area contributed by atoms with Gasteiger partial charge in [0, 0.05) is 25.7 Å². The summed E-state index contributed by atoms with van der Waals surface area (Å²) in [5, 5.41) is 8.88. The van der Waals surface area contributed by atoms with Crippen molar-refractivity contribution in [3.8, 4) is 0 Å². The van der Waals surface area contributed by atoms with Gasteiger partial charge in [0.05, 0.1) is 6.42 Å². The number of hydrogen-bond donors (Lipinski definition) is 1. The van der Waals surface area contributed by atoms with Crippen molar-refractivity contribution in [1.29, 1.82) is 0 Å². The summed E-state index contributed by atoms with van der Waals surface area (Å²) in [6.07, 6.45) is 6.99. The van der Waals surface area contributed by atoms with Crippen molar-refractivity contribution in [1.82, 2.24) is 9.80 Å². The van der Waals surface area contributed by atoms with Crippen molar-refractivity contribution in [2.75, 3.05) is 13.6 Å². The number of amides is 2. The third-order valence-corrected chi connectivity index (χ3v) is 4.26. The molecule has 0 aromatic heterocycles. The molecule has 0 saturated heterocycles. The molecule has 1 fully saturated rings. The second kappa shape index (κ2) is 8.12. The summed E-state index contributed by atoms with van der Waals surface area (Å²) in [5.74, 6) is -0.860. The molecular weight excluding hydrogens is 256 g/mol. The molecule has 1 atom stereocenters. The highest BCUT2D eigenvalue weighted by molar-refractivity contribution is 5.76. The fourth-order valence-electron chi connectivity index (χ4n) is 3.00. The van der Waals surface area contributed by atoms with Crippen LogP contribution in [0.25, 0.3) is 0 Å². The van der Waals surface area contributed by atoms with Gasteiger partial charge in [-0.2, -0.15) is 0 Å². The van der Waals surface area contributed by atoms with Gasteiger partial charge in [0.15, 0.2) is 0 Å². The lowest BCUT2D eigenvalue weighted by Crippen LogP contribution is -2.49. The van der Waals surface area contributed by atoms with Crippen molar-refractivity contribution in [2.45, 2.75) is 70.9 Å². The van der Waals surface area contributed by atoms with Gasteiger partial charge >= 0.3 is 12.0 Å². The molecule has 116 valence electrons. The Morgan fingerprint density at radius 3 is 2.20 bits per heavy atom. The Bertz CT molecular complexity index is 325. The zero-order chi connectivity index (χ0) is 15.1. The standard InChI is InChI=1S/C15H28N2O3/c1-4-17(12(2)11-14(18)19)15(20)16(3)13-9-7-5-6-8-10-13/h12-13H,4-11H2,1-3H3,(H,18,19). The molecule has 1 aliphatic rings. The van der Waals surface area contributed by atoms with E-state index in [1.54, 1.807) is 11.8 Å². The Morgan fingerprint density at radius 1 is 1.20 bits per heavy atom. The Labute approximate surface area is 121 Å². The van der Waals surface area contributed by atoms with Gasteiger partial charge in [-0.15, -0.1) is 0 Å². The normalized spacial score (nSPS) is 18.1. The van der Waals surface area contributed by atoms with Crippen LogP contribution in [0.2, 0.25) is 0 Å². The number of carbonyl (C=O) groups excluding carboxylic acids is 1. The average Bonchev–Trinajstić information content (AvgIpc) is 2.66. The summed E-state index contributed by atoms with van der Waals surface area (Å²) in [6.45, 7) is 4.25. The van der Waals surface area contributed by atoms with Crippen LogP contribution in [-0.2, 0) is 4.79 Å². The molecule has 2 amide bonds. The lowest BCUT2D eigenvalue weighted by atomic mass is 10.1. The van der Waals surface area contributed by atoms with Crippen molar-refractivity contribution in [3.05, 3.63) is 0 Å². The van der Waals surface area contributed by atoms with Crippen LogP contribution < -0.4 is 0 Å². The van der Waals surface area contributed by atoms with E-state index in [2.05, 4.69) is 0 Å². The predicted octanol–water partition coefficient (Wildman–Crippen LogP) is 2.95. The predicted molar refractivity (Wildman–Crippen MR) is 78.7 cm³/mol. The summed E-state index contributed by atoms with van der Waals surface area (Å²) in [7, 11) is 1.86. The van der Waals surface area contributed by atoms with Crippen molar-refractivity contribution < 1.29 is 14.7 Å². The average molecular weight is 284 g/mol. The van der Waals surface area contributed by atoms with Crippen molar-refractivity contribution >= 4 is 12.0 Å². The van der Waals surface area contributed by atoms with Gasteiger partial charge in [0.2, 0.25) is 0 Å². The van der Waals surface area contributed by atoms with Crippen LogP contribution in [0, 0.1) is 0 Å². The Balaban J connectivity index is 2.65. The van der Waals surface area contributed by atoms with Crippen LogP contribution in [0.15, 0.2) is 0 Å². The van der Waals surface area contributed by atoms with Crippen molar-refractivity contribution in [3.63, 3.8) is 0 Å². The first-order valence-corrected chi connectivity index (χ1v) is 7.72. The molecule has 1 aliphatic carbocycles. The zero-order valence-corrected chi connectivity index (χ0v) is 13.0. The first-order chi connectivity index (χ1) is 9.47. The highest BCUT2D eigenvalue weighted by Crippen LogP contribution is 2.22. The molecule has 20 heavy (non-hydrogen) atoms. The van der Waals surface area contributed by atoms with Gasteiger partial charge in [-0.25, -0.2) is 4.79 Å². The topological polar surface area (TPSA) is 60.9 Å². The smallest absolute Gasteiger partial charge is 0.320 e. The second-order valence-electron chi connectivity index (χ2n) is 5.77. The largest absolute Gasteiger partial charge is 0.481 e. The molecule has 1 saturated carbocycles.